The van der Waals surface area contributed by atoms with Crippen molar-refractivity contribution in [2.24, 2.45) is 0 Å². The first-order valence-electron chi connectivity index (χ1n) is 8.89. The molecule has 0 aliphatic carbocycles. The molecule has 2 aromatic carbocycles. The fourth-order valence-corrected chi connectivity index (χ4v) is 2.77. The van der Waals surface area contributed by atoms with Crippen LogP contribution >= 0.6 is 0 Å². The van der Waals surface area contributed by atoms with Gasteiger partial charge in [-0.1, -0.05) is 0 Å². The van der Waals surface area contributed by atoms with E-state index in [9.17, 15) is 24.1 Å². The van der Waals surface area contributed by atoms with Gasteiger partial charge in [0.1, 0.15) is 5.56 Å². The molecule has 30 heavy (non-hydrogen) atoms. The molecule has 1 heterocycles. The second kappa shape index (κ2) is 8.52. The summed E-state index contributed by atoms with van der Waals surface area (Å²) in [4.78, 5) is 34.3. The molecular weight excluding hydrogens is 395 g/mol. The number of carbonyl (C=O) groups is 2. The number of nitrogens with one attached hydrogen (secondary N) is 1. The molecule has 0 fully saturated rings. The quantitative estimate of drug-likeness (QED) is 0.375. The minimum Gasteiger partial charge on any atom is -0.462 e. The van der Waals surface area contributed by atoms with Crippen molar-refractivity contribution in [2.45, 2.75) is 13.8 Å². The van der Waals surface area contributed by atoms with E-state index in [1.54, 1.807) is 26.0 Å². The van der Waals surface area contributed by atoms with Crippen LogP contribution < -0.4 is 5.32 Å². The molecule has 1 amide bonds. The number of nitrogens with zero attached hydrogens (tertiary/aromatic N) is 3. The first-order valence-corrected chi connectivity index (χ1v) is 8.89. The largest absolute Gasteiger partial charge is 0.462 e. The number of esters is 1. The molecular formula is C20H17FN4O5. The lowest BCUT2D eigenvalue weighted by atomic mass is 10.1. The maximum atomic E-state index is 13.4. The van der Waals surface area contributed by atoms with E-state index in [1.807, 2.05) is 0 Å². The number of rotatable bonds is 6. The average molecular weight is 412 g/mol. The fourth-order valence-electron chi connectivity index (χ4n) is 2.77. The van der Waals surface area contributed by atoms with E-state index in [0.29, 0.717) is 16.9 Å². The number of hydrogen-bond acceptors (Lipinski definition) is 6. The van der Waals surface area contributed by atoms with E-state index in [4.69, 9.17) is 4.74 Å². The monoisotopic (exact) mass is 412 g/mol. The summed E-state index contributed by atoms with van der Waals surface area (Å²) in [7, 11) is 0. The zero-order valence-corrected chi connectivity index (χ0v) is 16.1. The van der Waals surface area contributed by atoms with Crippen molar-refractivity contribution in [3.05, 3.63) is 81.4 Å². The Kier molecular flexibility index (Phi) is 5.86. The van der Waals surface area contributed by atoms with Gasteiger partial charge in [0, 0.05) is 17.3 Å². The van der Waals surface area contributed by atoms with E-state index < -0.39 is 28.3 Å². The minimum absolute atomic E-state index is 0.0965. The molecule has 0 bridgehead atoms. The van der Waals surface area contributed by atoms with Crippen molar-refractivity contribution in [3.8, 4) is 5.69 Å². The number of hydrogen-bond donors (Lipinski definition) is 1. The summed E-state index contributed by atoms with van der Waals surface area (Å²) in [6.07, 6.45) is 1.41. The lowest BCUT2D eigenvalue weighted by Crippen LogP contribution is -2.12. The van der Waals surface area contributed by atoms with Gasteiger partial charge < -0.3 is 10.1 Å². The predicted octanol–water partition coefficient (Wildman–Crippen LogP) is 3.66. The van der Waals surface area contributed by atoms with Gasteiger partial charge in [-0.25, -0.2) is 9.48 Å². The van der Waals surface area contributed by atoms with Gasteiger partial charge in [-0.2, -0.15) is 9.49 Å². The lowest BCUT2D eigenvalue weighted by Gasteiger charge is -2.08. The summed E-state index contributed by atoms with van der Waals surface area (Å²) in [6.45, 7) is 3.69. The maximum Gasteiger partial charge on any atom is 0.341 e. The zero-order chi connectivity index (χ0) is 21.8. The number of ether oxygens (including phenoxy) is 1. The molecule has 0 atom stereocenters. The van der Waals surface area contributed by atoms with Gasteiger partial charge in [-0.3, -0.25) is 14.9 Å². The first kappa shape index (κ1) is 20.6. The van der Waals surface area contributed by atoms with Crippen LogP contribution in [0.25, 0.3) is 5.69 Å². The van der Waals surface area contributed by atoms with Crippen LogP contribution in [0.15, 0.2) is 48.7 Å². The molecule has 0 aliphatic rings. The van der Waals surface area contributed by atoms with Crippen LogP contribution in [0.4, 0.5) is 15.8 Å². The summed E-state index contributed by atoms with van der Waals surface area (Å²) < 4.78 is 19.9. The van der Waals surface area contributed by atoms with Crippen molar-refractivity contribution in [1.29, 1.82) is 0 Å². The number of nitro benzene ring substituents is 1. The Balaban J connectivity index is 1.78. The van der Waals surface area contributed by atoms with Crippen LogP contribution in [-0.2, 0) is 4.74 Å². The number of carbonyl (C=O) groups excluding carboxylic acids is 2. The highest BCUT2D eigenvalue weighted by atomic mass is 19.1. The first-order chi connectivity index (χ1) is 14.3. The molecule has 0 unspecified atom stereocenters. The average Bonchev–Trinajstić information content (AvgIpc) is 3.11. The molecule has 154 valence electrons. The van der Waals surface area contributed by atoms with E-state index in [2.05, 4.69) is 10.4 Å². The van der Waals surface area contributed by atoms with Gasteiger partial charge >= 0.3 is 11.7 Å². The molecule has 10 heteroatoms. The molecule has 9 nitrogen and oxygen atoms in total. The summed E-state index contributed by atoms with van der Waals surface area (Å²) in [6, 6.07) is 9.44. The molecule has 3 rings (SSSR count). The van der Waals surface area contributed by atoms with Crippen molar-refractivity contribution in [1.82, 2.24) is 9.78 Å². The number of nitro groups is 1. The van der Waals surface area contributed by atoms with Crippen LogP contribution in [0, 0.1) is 22.9 Å². The normalized spacial score (nSPS) is 10.5. The highest BCUT2D eigenvalue weighted by Crippen LogP contribution is 2.22. The smallest absolute Gasteiger partial charge is 0.341 e. The highest BCUT2D eigenvalue weighted by molar-refractivity contribution is 6.04. The Hall–Kier alpha value is -4.08. The lowest BCUT2D eigenvalue weighted by molar-refractivity contribution is -0.387. The highest BCUT2D eigenvalue weighted by Gasteiger charge is 2.17. The molecule has 3 aromatic rings. The summed E-state index contributed by atoms with van der Waals surface area (Å²) >= 11 is 0. The Morgan fingerprint density at radius 2 is 1.93 bits per heavy atom. The Morgan fingerprint density at radius 1 is 1.23 bits per heavy atom. The number of aromatic nitrogens is 2. The molecule has 0 radical (unpaired) electrons. The standard InChI is InChI=1S/C20H17FN4O5/c1-3-30-20(27)16-11-22-24(12(16)2)15-7-4-13(5-8-15)19(26)23-14-6-9-17(21)18(10-14)25(28)29/h4-11H,3H2,1-2H3,(H,23,26). The number of anilines is 1. The van der Waals surface area contributed by atoms with Gasteiger partial charge in [-0.05, 0) is 50.2 Å². The van der Waals surface area contributed by atoms with Crippen LogP contribution in [0.1, 0.15) is 33.3 Å². The Morgan fingerprint density at radius 3 is 2.57 bits per heavy atom. The van der Waals surface area contributed by atoms with Gasteiger partial charge in [0.15, 0.2) is 0 Å². The molecule has 1 N–H and O–H groups in total. The third-order valence-electron chi connectivity index (χ3n) is 4.28. The number of amides is 1. The van der Waals surface area contributed by atoms with Gasteiger partial charge in [0.05, 0.1) is 29.1 Å². The zero-order valence-electron chi connectivity index (χ0n) is 16.1. The van der Waals surface area contributed by atoms with E-state index in [1.165, 1.54) is 29.1 Å². The van der Waals surface area contributed by atoms with E-state index >= 15 is 0 Å². The minimum atomic E-state index is -0.987. The topological polar surface area (TPSA) is 116 Å². The van der Waals surface area contributed by atoms with Gasteiger partial charge in [0.25, 0.3) is 5.91 Å². The molecule has 1 aromatic heterocycles. The predicted molar refractivity (Wildman–Crippen MR) is 105 cm³/mol. The van der Waals surface area contributed by atoms with Gasteiger partial charge in [0.2, 0.25) is 5.82 Å². The summed E-state index contributed by atoms with van der Waals surface area (Å²) in [5.74, 6) is -1.98. The molecule has 0 saturated heterocycles. The fraction of sp³-hybridized carbons (Fsp3) is 0.150. The third kappa shape index (κ3) is 4.17. The van der Waals surface area contributed by atoms with Crippen molar-refractivity contribution >= 4 is 23.3 Å². The third-order valence-corrected chi connectivity index (χ3v) is 4.28. The van der Waals surface area contributed by atoms with E-state index in [-0.39, 0.29) is 17.9 Å². The van der Waals surface area contributed by atoms with Crippen molar-refractivity contribution in [2.75, 3.05) is 11.9 Å². The van der Waals surface area contributed by atoms with Crippen LogP contribution in [-0.4, -0.2) is 33.2 Å². The SMILES string of the molecule is CCOC(=O)c1cnn(-c2ccc(C(=O)Nc3ccc(F)c([N+](=O)[O-])c3)cc2)c1C. The second-order valence-electron chi connectivity index (χ2n) is 6.20. The van der Waals surface area contributed by atoms with Gasteiger partial charge in [-0.15, -0.1) is 0 Å². The maximum absolute atomic E-state index is 13.4. The molecule has 0 aliphatic heterocycles. The Bertz CT molecular complexity index is 1120. The summed E-state index contributed by atoms with van der Waals surface area (Å²) in [5, 5.41) is 17.5. The van der Waals surface area contributed by atoms with Crippen LogP contribution in [0.2, 0.25) is 0 Å². The second-order valence-corrected chi connectivity index (χ2v) is 6.20. The van der Waals surface area contributed by atoms with Crippen molar-refractivity contribution < 1.29 is 23.6 Å². The molecule has 0 saturated carbocycles. The van der Waals surface area contributed by atoms with Crippen LogP contribution in [0.5, 0.6) is 0 Å². The Labute approximate surface area is 170 Å². The summed E-state index contributed by atoms with van der Waals surface area (Å²) in [5.41, 5.74) is 1.20. The van der Waals surface area contributed by atoms with Crippen LogP contribution in [0.3, 0.4) is 0 Å². The number of halogens is 1. The van der Waals surface area contributed by atoms with E-state index in [0.717, 1.165) is 12.1 Å². The van der Waals surface area contributed by atoms with Crippen molar-refractivity contribution in [3.63, 3.8) is 0 Å². The number of benzene rings is 2. The molecule has 0 spiro atoms.